The quantitative estimate of drug-likeness (QED) is 0.675. The van der Waals surface area contributed by atoms with E-state index in [1.54, 1.807) is 4.90 Å². The molecule has 0 unspecified atom stereocenters. The Labute approximate surface area is 94.6 Å². The molecule has 0 aromatic rings. The van der Waals surface area contributed by atoms with Gasteiger partial charge in [0.1, 0.15) is 5.41 Å². The van der Waals surface area contributed by atoms with Crippen LogP contribution >= 0.6 is 0 Å². The predicted octanol–water partition coefficient (Wildman–Crippen LogP) is -0.100. The summed E-state index contributed by atoms with van der Waals surface area (Å²) >= 11 is 0. The molecule has 2 saturated heterocycles. The van der Waals surface area contributed by atoms with Crippen LogP contribution in [0.25, 0.3) is 0 Å². The fraction of sp³-hybridized carbons (Fsp3) is 0.818. The van der Waals surface area contributed by atoms with Crippen molar-refractivity contribution >= 4 is 5.91 Å². The summed E-state index contributed by atoms with van der Waals surface area (Å²) in [5, 5.41) is 18.6. The Hall–Kier alpha value is -1.12. The number of ether oxygens (including phenoxy) is 1. The summed E-state index contributed by atoms with van der Waals surface area (Å²) in [4.78, 5) is 13.8. The van der Waals surface area contributed by atoms with Crippen molar-refractivity contribution in [1.29, 1.82) is 5.26 Å². The molecule has 0 aromatic carbocycles. The summed E-state index contributed by atoms with van der Waals surface area (Å²) in [5.41, 5.74) is -0.914. The number of rotatable bonds is 1. The number of likely N-dealkylation sites (tertiary alicyclic amines) is 1. The van der Waals surface area contributed by atoms with E-state index in [4.69, 9.17) is 4.74 Å². The van der Waals surface area contributed by atoms with E-state index >= 15 is 0 Å². The molecular formula is C11H16N2O3. The minimum Gasteiger partial charge on any atom is -0.391 e. The van der Waals surface area contributed by atoms with Crippen molar-refractivity contribution in [1.82, 2.24) is 4.90 Å². The molecule has 2 rings (SSSR count). The molecule has 0 saturated carbocycles. The molecule has 2 heterocycles. The average Bonchev–Trinajstić information content (AvgIpc) is 2.76. The first-order valence-electron chi connectivity index (χ1n) is 5.64. The van der Waals surface area contributed by atoms with Crippen LogP contribution in [0, 0.1) is 16.7 Å². The van der Waals surface area contributed by atoms with Crippen LogP contribution in [0.2, 0.25) is 0 Å². The van der Waals surface area contributed by atoms with Gasteiger partial charge in [0.2, 0.25) is 5.91 Å². The van der Waals surface area contributed by atoms with E-state index < -0.39 is 11.5 Å². The van der Waals surface area contributed by atoms with Crippen molar-refractivity contribution in [2.24, 2.45) is 5.41 Å². The molecule has 16 heavy (non-hydrogen) atoms. The Bertz CT molecular complexity index is 318. The van der Waals surface area contributed by atoms with Crippen LogP contribution in [0.5, 0.6) is 0 Å². The molecular weight excluding hydrogens is 208 g/mol. The Kier molecular flexibility index (Phi) is 3.13. The van der Waals surface area contributed by atoms with Crippen LogP contribution in [0.1, 0.15) is 19.3 Å². The van der Waals surface area contributed by atoms with Crippen LogP contribution in [-0.2, 0) is 9.53 Å². The highest BCUT2D eigenvalue weighted by molar-refractivity contribution is 5.85. The van der Waals surface area contributed by atoms with Crippen molar-refractivity contribution in [3.8, 4) is 6.07 Å². The van der Waals surface area contributed by atoms with E-state index in [-0.39, 0.29) is 5.91 Å². The number of β-amino-alcohol motifs (C(OH)–C–C–N with tert-alkyl or cyclic N) is 1. The van der Waals surface area contributed by atoms with Gasteiger partial charge in [0.15, 0.2) is 0 Å². The second-order valence-corrected chi connectivity index (χ2v) is 4.50. The summed E-state index contributed by atoms with van der Waals surface area (Å²) in [5.74, 6) is -0.130. The van der Waals surface area contributed by atoms with Gasteiger partial charge in [0.25, 0.3) is 0 Å². The first-order chi connectivity index (χ1) is 7.68. The standard InChI is InChI=1S/C11H16N2O3/c12-8-11(2-5-16-6-3-11)10(15)13-4-1-9(14)7-13/h9,14H,1-7H2/t9-/m1/s1. The fourth-order valence-electron chi connectivity index (χ4n) is 2.32. The largest absolute Gasteiger partial charge is 0.391 e. The average molecular weight is 224 g/mol. The molecule has 2 aliphatic rings. The monoisotopic (exact) mass is 224 g/mol. The molecule has 2 fully saturated rings. The molecule has 88 valence electrons. The van der Waals surface area contributed by atoms with Gasteiger partial charge in [-0.15, -0.1) is 0 Å². The SMILES string of the molecule is N#CC1(C(=O)N2CC[C@@H](O)C2)CCOCC1. The van der Waals surface area contributed by atoms with Crippen molar-refractivity contribution in [3.63, 3.8) is 0 Å². The highest BCUT2D eigenvalue weighted by atomic mass is 16.5. The summed E-state index contributed by atoms with van der Waals surface area (Å²) in [6, 6.07) is 2.16. The second-order valence-electron chi connectivity index (χ2n) is 4.50. The van der Waals surface area contributed by atoms with Crippen LogP contribution in [0.4, 0.5) is 0 Å². The molecule has 0 aliphatic carbocycles. The third-order valence-corrected chi connectivity index (χ3v) is 3.42. The molecule has 5 nitrogen and oxygen atoms in total. The number of aliphatic hydroxyl groups is 1. The Balaban J connectivity index is 2.09. The van der Waals surface area contributed by atoms with Gasteiger partial charge >= 0.3 is 0 Å². The zero-order valence-electron chi connectivity index (χ0n) is 9.19. The highest BCUT2D eigenvalue weighted by Crippen LogP contribution is 2.33. The molecule has 0 bridgehead atoms. The maximum Gasteiger partial charge on any atom is 0.243 e. The van der Waals surface area contributed by atoms with Crippen LogP contribution in [0.15, 0.2) is 0 Å². The maximum atomic E-state index is 12.2. The minimum atomic E-state index is -0.914. The van der Waals surface area contributed by atoms with Crippen LogP contribution in [0.3, 0.4) is 0 Å². The number of carbonyl (C=O) groups is 1. The van der Waals surface area contributed by atoms with Crippen molar-refractivity contribution < 1.29 is 14.6 Å². The third kappa shape index (κ3) is 1.91. The number of nitrogens with zero attached hydrogens (tertiary/aromatic N) is 2. The minimum absolute atomic E-state index is 0.130. The van der Waals surface area contributed by atoms with E-state index in [0.29, 0.717) is 45.6 Å². The Morgan fingerprint density at radius 2 is 2.19 bits per heavy atom. The molecule has 1 atom stereocenters. The third-order valence-electron chi connectivity index (χ3n) is 3.42. The maximum absolute atomic E-state index is 12.2. The predicted molar refractivity (Wildman–Crippen MR) is 55.3 cm³/mol. The molecule has 1 N–H and O–H groups in total. The number of hydrogen-bond acceptors (Lipinski definition) is 4. The first-order valence-corrected chi connectivity index (χ1v) is 5.64. The van der Waals surface area contributed by atoms with E-state index in [1.807, 2.05) is 0 Å². The van der Waals surface area contributed by atoms with Crippen molar-refractivity contribution in [3.05, 3.63) is 0 Å². The van der Waals surface area contributed by atoms with Crippen molar-refractivity contribution in [2.75, 3.05) is 26.3 Å². The Morgan fingerprint density at radius 1 is 1.50 bits per heavy atom. The number of hydrogen-bond donors (Lipinski definition) is 1. The van der Waals surface area contributed by atoms with Gasteiger partial charge < -0.3 is 14.7 Å². The lowest BCUT2D eigenvalue weighted by Gasteiger charge is -2.32. The summed E-state index contributed by atoms with van der Waals surface area (Å²) in [6.45, 7) is 1.86. The van der Waals surface area contributed by atoms with Crippen LogP contribution in [-0.4, -0.2) is 48.3 Å². The Morgan fingerprint density at radius 3 is 2.69 bits per heavy atom. The van der Waals surface area contributed by atoms with Gasteiger partial charge in [-0.1, -0.05) is 0 Å². The fourth-order valence-corrected chi connectivity index (χ4v) is 2.32. The topological polar surface area (TPSA) is 73.6 Å². The van der Waals surface area contributed by atoms with E-state index in [2.05, 4.69) is 6.07 Å². The summed E-state index contributed by atoms with van der Waals surface area (Å²) in [6.07, 6.45) is 1.12. The molecule has 0 aromatic heterocycles. The van der Waals surface area contributed by atoms with E-state index in [0.717, 1.165) is 0 Å². The summed E-state index contributed by atoms with van der Waals surface area (Å²) < 4.78 is 5.19. The van der Waals surface area contributed by atoms with Gasteiger partial charge in [-0.05, 0) is 19.3 Å². The normalized spacial score (nSPS) is 28.8. The van der Waals surface area contributed by atoms with Crippen molar-refractivity contribution in [2.45, 2.75) is 25.4 Å². The molecule has 2 aliphatic heterocycles. The van der Waals surface area contributed by atoms with Gasteiger partial charge in [-0.25, -0.2) is 0 Å². The molecule has 0 radical (unpaired) electrons. The van der Waals surface area contributed by atoms with Gasteiger partial charge in [-0.2, -0.15) is 5.26 Å². The number of carbonyl (C=O) groups excluding carboxylic acids is 1. The summed E-state index contributed by atoms with van der Waals surface area (Å²) in [7, 11) is 0. The van der Waals surface area contributed by atoms with E-state index in [1.165, 1.54) is 0 Å². The lowest BCUT2D eigenvalue weighted by atomic mass is 9.80. The van der Waals surface area contributed by atoms with Crippen LogP contribution < -0.4 is 0 Å². The second kappa shape index (κ2) is 4.40. The number of nitriles is 1. The zero-order valence-corrected chi connectivity index (χ0v) is 9.19. The molecule has 0 spiro atoms. The van der Waals surface area contributed by atoms with Gasteiger partial charge in [-0.3, -0.25) is 4.79 Å². The number of aliphatic hydroxyl groups excluding tert-OH is 1. The lowest BCUT2D eigenvalue weighted by Crippen LogP contribution is -2.45. The number of amides is 1. The highest BCUT2D eigenvalue weighted by Gasteiger charge is 2.44. The lowest BCUT2D eigenvalue weighted by molar-refractivity contribution is -0.142. The first kappa shape index (κ1) is 11.4. The zero-order chi connectivity index (χ0) is 11.6. The van der Waals surface area contributed by atoms with Gasteiger partial charge in [0.05, 0.1) is 12.2 Å². The smallest absolute Gasteiger partial charge is 0.243 e. The molecule has 5 heteroatoms. The van der Waals surface area contributed by atoms with Gasteiger partial charge in [0, 0.05) is 26.3 Å². The van der Waals surface area contributed by atoms with E-state index in [9.17, 15) is 15.2 Å². The molecule has 1 amide bonds.